The summed E-state index contributed by atoms with van der Waals surface area (Å²) >= 11 is 0. The first kappa shape index (κ1) is 27.9. The van der Waals surface area contributed by atoms with E-state index in [1.807, 2.05) is 44.2 Å². The largest absolute Gasteiger partial charge is 0.489 e. The maximum Gasteiger partial charge on any atom is 0.336 e. The van der Waals surface area contributed by atoms with Crippen molar-refractivity contribution in [3.05, 3.63) is 99.1 Å². The van der Waals surface area contributed by atoms with Crippen LogP contribution in [-0.4, -0.2) is 35.0 Å². The molecule has 7 heteroatoms. The summed E-state index contributed by atoms with van der Waals surface area (Å²) in [5.74, 6) is -1.14. The number of carbonyl (C=O) groups is 2. The first-order valence-corrected chi connectivity index (χ1v) is 13.3. The van der Waals surface area contributed by atoms with Crippen molar-refractivity contribution in [2.24, 2.45) is 11.1 Å². The van der Waals surface area contributed by atoms with E-state index >= 15 is 0 Å². The van der Waals surface area contributed by atoms with Crippen molar-refractivity contribution in [3.63, 3.8) is 0 Å². The van der Waals surface area contributed by atoms with Crippen molar-refractivity contribution in [1.82, 2.24) is 0 Å². The van der Waals surface area contributed by atoms with E-state index in [1.165, 1.54) is 31.4 Å². The van der Waals surface area contributed by atoms with Gasteiger partial charge >= 0.3 is 11.9 Å². The molecule has 0 saturated heterocycles. The number of oxime groups is 1. The number of rotatable bonds is 10. The maximum atomic E-state index is 11.9. The molecule has 3 aromatic rings. The normalized spacial score (nSPS) is 14.2. The highest BCUT2D eigenvalue weighted by atomic mass is 16.6. The number of aromatic carboxylic acids is 2. The highest BCUT2D eigenvalue weighted by Gasteiger charge is 2.22. The van der Waals surface area contributed by atoms with E-state index in [4.69, 9.17) is 9.57 Å². The summed E-state index contributed by atoms with van der Waals surface area (Å²) < 4.78 is 6.29. The molecule has 39 heavy (non-hydrogen) atoms. The lowest BCUT2D eigenvalue weighted by Gasteiger charge is -2.23. The second-order valence-corrected chi connectivity index (χ2v) is 10.1. The number of nitrogens with zero attached hydrogens (tertiary/aromatic N) is 1. The minimum absolute atomic E-state index is 0.0128. The fourth-order valence-electron chi connectivity index (χ4n) is 5.36. The number of carboxylic acid groups (broad SMARTS) is 2. The summed E-state index contributed by atoms with van der Waals surface area (Å²) in [7, 11) is 1.59. The van der Waals surface area contributed by atoms with Gasteiger partial charge in [-0.15, -0.1) is 0 Å². The van der Waals surface area contributed by atoms with Gasteiger partial charge in [0.2, 0.25) is 0 Å². The number of hydrogen-bond acceptors (Lipinski definition) is 5. The van der Waals surface area contributed by atoms with E-state index in [-0.39, 0.29) is 11.1 Å². The third-order valence-corrected chi connectivity index (χ3v) is 7.50. The zero-order chi connectivity index (χ0) is 27.9. The second-order valence-electron chi connectivity index (χ2n) is 10.1. The van der Waals surface area contributed by atoms with Gasteiger partial charge in [0.15, 0.2) is 0 Å². The third-order valence-electron chi connectivity index (χ3n) is 7.50. The third kappa shape index (κ3) is 6.66. The predicted octanol–water partition coefficient (Wildman–Crippen LogP) is 6.80. The number of benzene rings is 3. The Morgan fingerprint density at radius 3 is 2.28 bits per heavy atom. The van der Waals surface area contributed by atoms with Gasteiger partial charge in [0.05, 0.1) is 16.8 Å². The Hall–Kier alpha value is -4.13. The summed E-state index contributed by atoms with van der Waals surface area (Å²) in [6.07, 6.45) is 6.29. The van der Waals surface area contributed by atoms with Gasteiger partial charge in [0, 0.05) is 11.5 Å². The van der Waals surface area contributed by atoms with Crippen LogP contribution in [0, 0.1) is 19.8 Å². The molecule has 3 aromatic carbocycles. The monoisotopic (exact) mass is 529 g/mol. The molecule has 0 aromatic heterocycles. The number of ether oxygens (including phenoxy) is 1. The predicted molar refractivity (Wildman–Crippen MR) is 150 cm³/mol. The molecule has 0 radical (unpaired) electrons. The molecule has 7 nitrogen and oxygen atoms in total. The minimum Gasteiger partial charge on any atom is -0.489 e. The van der Waals surface area contributed by atoms with Crippen molar-refractivity contribution >= 4 is 17.7 Å². The first-order valence-electron chi connectivity index (χ1n) is 13.3. The fraction of sp³-hybridized carbons (Fsp3) is 0.344. The average Bonchev–Trinajstić information content (AvgIpc) is 2.92. The Kier molecular flexibility index (Phi) is 9.02. The van der Waals surface area contributed by atoms with Gasteiger partial charge < -0.3 is 19.8 Å². The molecule has 1 fully saturated rings. The van der Waals surface area contributed by atoms with Crippen molar-refractivity contribution in [3.8, 4) is 5.75 Å². The standard InChI is InChI=1S/C32H35NO6/c1-20-8-7-11-23(17-24-12-13-26(31(34)35)18-27(24)32(36)37)28(20)19-39-29-15-14-25(16-21(29)2)30(33-38-3)22-9-5-4-6-10-22/h7-8,11-16,18,22H,4-6,9-10,17,19H2,1-3H3,(H,34,35)(H,36,37). The van der Waals surface area contributed by atoms with Crippen LogP contribution in [0.5, 0.6) is 5.75 Å². The minimum atomic E-state index is -1.16. The zero-order valence-electron chi connectivity index (χ0n) is 22.7. The van der Waals surface area contributed by atoms with E-state index in [2.05, 4.69) is 11.2 Å². The van der Waals surface area contributed by atoms with Crippen molar-refractivity contribution in [2.45, 2.75) is 59.0 Å². The fourth-order valence-corrected chi connectivity index (χ4v) is 5.36. The van der Waals surface area contributed by atoms with Gasteiger partial charge in [0.1, 0.15) is 19.5 Å². The van der Waals surface area contributed by atoms with Crippen molar-refractivity contribution in [1.29, 1.82) is 0 Å². The van der Waals surface area contributed by atoms with E-state index in [1.54, 1.807) is 13.2 Å². The van der Waals surface area contributed by atoms with Crippen LogP contribution in [0.25, 0.3) is 0 Å². The van der Waals surface area contributed by atoms with Crippen LogP contribution in [0.2, 0.25) is 0 Å². The van der Waals surface area contributed by atoms with Crippen LogP contribution in [-0.2, 0) is 17.9 Å². The average molecular weight is 530 g/mol. The molecule has 1 aliphatic rings. The lowest BCUT2D eigenvalue weighted by molar-refractivity contribution is 0.0695. The molecule has 204 valence electrons. The molecule has 1 aliphatic carbocycles. The molecule has 0 aliphatic heterocycles. The van der Waals surface area contributed by atoms with E-state index < -0.39 is 11.9 Å². The van der Waals surface area contributed by atoms with Gasteiger partial charge in [0.25, 0.3) is 0 Å². The van der Waals surface area contributed by atoms with Crippen LogP contribution in [0.3, 0.4) is 0 Å². The highest BCUT2D eigenvalue weighted by molar-refractivity contribution is 6.02. The van der Waals surface area contributed by atoms with Crippen molar-refractivity contribution < 1.29 is 29.4 Å². The molecule has 2 N–H and O–H groups in total. The highest BCUT2D eigenvalue weighted by Crippen LogP contribution is 2.30. The quantitative estimate of drug-likeness (QED) is 0.221. The van der Waals surface area contributed by atoms with Gasteiger partial charge in [-0.25, -0.2) is 9.59 Å². The van der Waals surface area contributed by atoms with E-state index in [9.17, 15) is 19.8 Å². The molecule has 0 atom stereocenters. The molecule has 1 saturated carbocycles. The van der Waals surface area contributed by atoms with Gasteiger partial charge in [-0.3, -0.25) is 0 Å². The maximum absolute atomic E-state index is 11.9. The Morgan fingerprint density at radius 1 is 0.872 bits per heavy atom. The SMILES string of the molecule is CON=C(c1ccc(OCc2c(C)cccc2Cc2ccc(C(=O)O)cc2C(=O)O)c(C)c1)C1CCCCC1. The summed E-state index contributed by atoms with van der Waals surface area (Å²) in [6, 6.07) is 16.2. The van der Waals surface area contributed by atoms with Gasteiger partial charge in [-0.2, -0.15) is 0 Å². The van der Waals surface area contributed by atoms with Crippen LogP contribution in [0.1, 0.15) is 86.2 Å². The number of aryl methyl sites for hydroxylation is 2. The lowest BCUT2D eigenvalue weighted by Crippen LogP contribution is -2.19. The number of hydrogen-bond donors (Lipinski definition) is 2. The van der Waals surface area contributed by atoms with Gasteiger partial charge in [-0.1, -0.05) is 48.7 Å². The molecule has 0 heterocycles. The smallest absolute Gasteiger partial charge is 0.336 e. The summed E-state index contributed by atoms with van der Waals surface area (Å²) in [4.78, 5) is 28.4. The Balaban J connectivity index is 1.56. The lowest BCUT2D eigenvalue weighted by atomic mass is 9.83. The van der Waals surface area contributed by atoms with Gasteiger partial charge in [-0.05, 0) is 91.3 Å². The van der Waals surface area contributed by atoms with E-state index in [0.717, 1.165) is 52.1 Å². The van der Waals surface area contributed by atoms with E-state index in [0.29, 0.717) is 24.5 Å². The number of carboxylic acids is 2. The molecular weight excluding hydrogens is 494 g/mol. The Labute approximate surface area is 229 Å². The topological polar surface area (TPSA) is 105 Å². The molecule has 0 bridgehead atoms. The molecule has 0 amide bonds. The summed E-state index contributed by atoms with van der Waals surface area (Å²) in [5, 5.41) is 23.4. The Bertz CT molecular complexity index is 1390. The van der Waals surface area contributed by atoms with Crippen LogP contribution in [0.4, 0.5) is 0 Å². The Morgan fingerprint density at radius 2 is 1.62 bits per heavy atom. The summed E-state index contributed by atoms with van der Waals surface area (Å²) in [6.45, 7) is 4.34. The molecule has 0 unspecified atom stereocenters. The molecular formula is C32H35NO6. The second kappa shape index (κ2) is 12.6. The van der Waals surface area contributed by atoms with Crippen LogP contribution >= 0.6 is 0 Å². The van der Waals surface area contributed by atoms with Crippen molar-refractivity contribution in [2.75, 3.05) is 7.11 Å². The first-order chi connectivity index (χ1) is 18.8. The van der Waals surface area contributed by atoms with Crippen LogP contribution in [0.15, 0.2) is 59.8 Å². The zero-order valence-corrected chi connectivity index (χ0v) is 22.7. The summed E-state index contributed by atoms with van der Waals surface area (Å²) in [5.41, 5.74) is 6.48. The molecule has 0 spiro atoms. The van der Waals surface area contributed by atoms with Crippen LogP contribution < -0.4 is 4.74 Å². The molecule has 4 rings (SSSR count).